The number of hydrazine groups is 1. The lowest BCUT2D eigenvalue weighted by Crippen LogP contribution is -2.36. The number of alkyl carbamates (subject to hydrolysis) is 1. The summed E-state index contributed by atoms with van der Waals surface area (Å²) in [5, 5.41) is 4.06. The number of hydrogen-bond donors (Lipinski definition) is 3. The Kier molecular flexibility index (Phi) is 9.56. The Balaban J connectivity index is 1.94. The Morgan fingerprint density at radius 2 is 2.03 bits per heavy atom. The highest BCUT2D eigenvalue weighted by Crippen LogP contribution is 2.23. The molecule has 0 aliphatic heterocycles. The van der Waals surface area contributed by atoms with Gasteiger partial charge in [0.1, 0.15) is 5.75 Å². The molecule has 1 fully saturated rings. The molecular formula is C21H35N5O3. The normalized spacial score (nSPS) is 15.4. The third-order valence-electron chi connectivity index (χ3n) is 4.99. The fourth-order valence-electron chi connectivity index (χ4n) is 3.27. The van der Waals surface area contributed by atoms with E-state index < -0.39 is 6.09 Å². The third-order valence-corrected chi connectivity index (χ3v) is 4.99. The molecule has 1 saturated carbocycles. The van der Waals surface area contributed by atoms with E-state index in [0.717, 1.165) is 37.9 Å². The maximum atomic E-state index is 11.8. The summed E-state index contributed by atoms with van der Waals surface area (Å²) in [6.45, 7) is 2.64. The van der Waals surface area contributed by atoms with Gasteiger partial charge < -0.3 is 25.5 Å². The van der Waals surface area contributed by atoms with Crippen molar-refractivity contribution in [2.24, 2.45) is 11.6 Å². The number of unbranched alkanes of at least 4 members (excludes halogenated alkanes) is 2. The summed E-state index contributed by atoms with van der Waals surface area (Å²) >= 11 is 0. The van der Waals surface area contributed by atoms with Crippen molar-refractivity contribution in [2.45, 2.75) is 64.4 Å². The van der Waals surface area contributed by atoms with Crippen LogP contribution < -0.4 is 21.6 Å². The summed E-state index contributed by atoms with van der Waals surface area (Å²) in [4.78, 5) is 16.2. The average Bonchev–Trinajstić information content (AvgIpc) is 2.72. The molecule has 1 aromatic heterocycles. The minimum absolute atomic E-state index is 0.146. The van der Waals surface area contributed by atoms with Crippen molar-refractivity contribution >= 4 is 11.8 Å². The summed E-state index contributed by atoms with van der Waals surface area (Å²) in [7, 11) is 1.66. The van der Waals surface area contributed by atoms with Gasteiger partial charge in [-0.1, -0.05) is 26.2 Å². The molecule has 1 aromatic rings. The summed E-state index contributed by atoms with van der Waals surface area (Å²) in [5.41, 5.74) is 7.78. The summed E-state index contributed by atoms with van der Waals surface area (Å²) in [5.74, 6) is 6.65. The fraction of sp³-hybridized carbons (Fsp3) is 0.619. The molecule has 1 heterocycles. The number of nitrogens with zero attached hydrogens (tertiary/aromatic N) is 2. The summed E-state index contributed by atoms with van der Waals surface area (Å²) < 4.78 is 11.1. The number of carbonyl (C=O) groups excluding carboxylic acids is 1. The highest BCUT2D eigenvalue weighted by Gasteiger charge is 2.16. The molecule has 1 amide bonds. The van der Waals surface area contributed by atoms with Crippen molar-refractivity contribution < 1.29 is 14.3 Å². The van der Waals surface area contributed by atoms with Crippen LogP contribution in [0.25, 0.3) is 5.70 Å². The van der Waals surface area contributed by atoms with Crippen LogP contribution in [0.5, 0.6) is 5.75 Å². The van der Waals surface area contributed by atoms with Crippen molar-refractivity contribution in [3.05, 3.63) is 29.7 Å². The molecule has 8 heteroatoms. The molecule has 0 spiro atoms. The molecule has 0 radical (unpaired) electrons. The minimum Gasteiger partial charge on any atom is -0.489 e. The second kappa shape index (κ2) is 12.2. The Hall–Kier alpha value is -2.48. The number of hydrogen-bond acceptors (Lipinski definition) is 7. The van der Waals surface area contributed by atoms with Gasteiger partial charge in [0.05, 0.1) is 42.5 Å². The number of amides is 1. The van der Waals surface area contributed by atoms with Gasteiger partial charge in [-0.15, -0.1) is 0 Å². The lowest BCUT2D eigenvalue weighted by Gasteiger charge is -2.23. The number of pyridine rings is 1. The van der Waals surface area contributed by atoms with Crippen LogP contribution in [-0.4, -0.2) is 42.4 Å². The number of aromatic nitrogens is 1. The Bertz CT molecular complexity index is 655. The zero-order valence-corrected chi connectivity index (χ0v) is 17.7. The lowest BCUT2D eigenvalue weighted by molar-refractivity contribution is 0.144. The van der Waals surface area contributed by atoms with Gasteiger partial charge in [0.15, 0.2) is 0 Å². The molecule has 5 N–H and O–H groups in total. The highest BCUT2D eigenvalue weighted by molar-refractivity contribution is 5.69. The van der Waals surface area contributed by atoms with Crippen LogP contribution in [-0.2, 0) is 4.74 Å². The SMILES string of the molecule is CCCCCOC(=O)NC/C(=C(/N)c1ccc(OC2CCCCC2)cn1)N(C)N. The first-order valence-corrected chi connectivity index (χ1v) is 10.5. The molecule has 2 rings (SSSR count). The number of rotatable bonds is 10. The zero-order chi connectivity index (χ0) is 21.1. The van der Waals surface area contributed by atoms with E-state index in [9.17, 15) is 4.79 Å². The number of carbonyl (C=O) groups is 1. The van der Waals surface area contributed by atoms with Crippen LogP contribution in [0.4, 0.5) is 4.79 Å². The van der Waals surface area contributed by atoms with Gasteiger partial charge in [-0.05, 0) is 44.2 Å². The number of likely N-dealkylation sites (N-methyl/N-ethyl adjacent to an activating group) is 1. The molecule has 1 aliphatic rings. The topological polar surface area (TPSA) is 116 Å². The van der Waals surface area contributed by atoms with Crippen LogP contribution in [0.2, 0.25) is 0 Å². The lowest BCUT2D eigenvalue weighted by atomic mass is 9.98. The first-order chi connectivity index (χ1) is 14.0. The van der Waals surface area contributed by atoms with E-state index in [2.05, 4.69) is 17.2 Å². The van der Waals surface area contributed by atoms with Crippen molar-refractivity contribution in [1.82, 2.24) is 15.3 Å². The van der Waals surface area contributed by atoms with E-state index in [1.54, 1.807) is 19.3 Å². The molecule has 0 bridgehead atoms. The Morgan fingerprint density at radius 1 is 1.28 bits per heavy atom. The van der Waals surface area contributed by atoms with Crippen LogP contribution in [0.3, 0.4) is 0 Å². The fourth-order valence-corrected chi connectivity index (χ4v) is 3.27. The second-order valence-electron chi connectivity index (χ2n) is 7.42. The summed E-state index contributed by atoms with van der Waals surface area (Å²) in [6, 6.07) is 3.67. The number of ether oxygens (including phenoxy) is 2. The maximum absolute atomic E-state index is 11.8. The standard InChI is InChI=1S/C21H35N5O3/c1-3-4-8-13-28-21(27)25-15-19(26(2)23)20(22)18-12-11-17(14-24-18)29-16-9-6-5-7-10-16/h11-12,14,16H,3-10,13,15,22-23H2,1-2H3,(H,25,27)/b20-19-. The molecular weight excluding hydrogens is 370 g/mol. The molecule has 0 saturated heterocycles. The predicted molar refractivity (Wildman–Crippen MR) is 114 cm³/mol. The van der Waals surface area contributed by atoms with Gasteiger partial charge in [0, 0.05) is 7.05 Å². The molecule has 0 atom stereocenters. The quantitative estimate of drug-likeness (QED) is 0.311. The molecule has 1 aliphatic carbocycles. The molecule has 8 nitrogen and oxygen atoms in total. The summed E-state index contributed by atoms with van der Waals surface area (Å²) in [6.07, 6.45) is 10.3. The van der Waals surface area contributed by atoms with Gasteiger partial charge >= 0.3 is 6.09 Å². The zero-order valence-electron chi connectivity index (χ0n) is 17.7. The molecule has 162 valence electrons. The minimum atomic E-state index is -0.488. The largest absolute Gasteiger partial charge is 0.489 e. The van der Waals surface area contributed by atoms with Crippen molar-refractivity contribution in [2.75, 3.05) is 20.2 Å². The van der Waals surface area contributed by atoms with E-state index in [1.807, 2.05) is 6.07 Å². The first-order valence-electron chi connectivity index (χ1n) is 10.5. The molecule has 29 heavy (non-hydrogen) atoms. The van der Waals surface area contributed by atoms with Gasteiger partial charge in [-0.25, -0.2) is 10.6 Å². The number of nitrogens with one attached hydrogen (secondary N) is 1. The van der Waals surface area contributed by atoms with Crippen molar-refractivity contribution in [1.29, 1.82) is 0 Å². The van der Waals surface area contributed by atoms with Crippen molar-refractivity contribution in [3.8, 4) is 5.75 Å². The van der Waals surface area contributed by atoms with E-state index in [0.29, 0.717) is 23.7 Å². The monoisotopic (exact) mass is 405 g/mol. The van der Waals surface area contributed by atoms with E-state index in [4.69, 9.17) is 21.1 Å². The van der Waals surface area contributed by atoms with Crippen molar-refractivity contribution in [3.63, 3.8) is 0 Å². The number of nitrogens with two attached hydrogens (primary N) is 2. The third kappa shape index (κ3) is 7.81. The Labute approximate surface area is 173 Å². The van der Waals surface area contributed by atoms with Gasteiger partial charge in [-0.3, -0.25) is 4.98 Å². The van der Waals surface area contributed by atoms with E-state index in [-0.39, 0.29) is 12.6 Å². The van der Waals surface area contributed by atoms with E-state index in [1.165, 1.54) is 24.3 Å². The highest BCUT2D eigenvalue weighted by atomic mass is 16.5. The average molecular weight is 406 g/mol. The van der Waals surface area contributed by atoms with Crippen LogP contribution in [0.15, 0.2) is 24.0 Å². The van der Waals surface area contributed by atoms with Gasteiger partial charge in [0.2, 0.25) is 0 Å². The van der Waals surface area contributed by atoms with E-state index >= 15 is 0 Å². The van der Waals surface area contributed by atoms with Gasteiger partial charge in [-0.2, -0.15) is 0 Å². The van der Waals surface area contributed by atoms with Crippen LogP contribution in [0.1, 0.15) is 64.0 Å². The second-order valence-corrected chi connectivity index (χ2v) is 7.42. The Morgan fingerprint density at radius 3 is 2.66 bits per heavy atom. The smallest absolute Gasteiger partial charge is 0.407 e. The molecule has 0 unspecified atom stereocenters. The van der Waals surface area contributed by atoms with Gasteiger partial charge in [0.25, 0.3) is 0 Å². The predicted octanol–water partition coefficient (Wildman–Crippen LogP) is 3.14. The molecule has 0 aromatic carbocycles. The van der Waals surface area contributed by atoms with Crippen LogP contribution >= 0.6 is 0 Å². The first kappa shape index (κ1) is 22.8. The van der Waals surface area contributed by atoms with Crippen LogP contribution in [0, 0.1) is 0 Å². The maximum Gasteiger partial charge on any atom is 0.407 e.